The molecule has 6 nitrogen and oxygen atoms in total. The molecule has 2 aromatic heterocycles. The minimum atomic E-state index is -1.13. The zero-order valence-corrected chi connectivity index (χ0v) is 14.8. The van der Waals surface area contributed by atoms with E-state index in [1.54, 1.807) is 6.20 Å². The van der Waals surface area contributed by atoms with Crippen molar-refractivity contribution in [1.29, 1.82) is 0 Å². The second kappa shape index (κ2) is 6.05. The number of fused-ring (bicyclic) bond motifs is 1. The van der Waals surface area contributed by atoms with E-state index in [1.807, 2.05) is 6.07 Å². The van der Waals surface area contributed by atoms with Crippen LogP contribution >= 0.6 is 0 Å². The molecule has 1 aliphatic rings. The van der Waals surface area contributed by atoms with E-state index in [-0.39, 0.29) is 11.8 Å². The number of nitrogens with one attached hydrogen (secondary N) is 1. The highest BCUT2D eigenvalue weighted by Gasteiger charge is 2.34. The third kappa shape index (κ3) is 3.79. The van der Waals surface area contributed by atoms with Gasteiger partial charge in [0.15, 0.2) is 11.3 Å². The van der Waals surface area contributed by atoms with Crippen LogP contribution in [0.1, 0.15) is 35.0 Å². The number of nitrogens with zero attached hydrogens (tertiary/aromatic N) is 2. The minimum absolute atomic E-state index is 0.0137. The van der Waals surface area contributed by atoms with E-state index < -0.39 is 14.0 Å². The van der Waals surface area contributed by atoms with Crippen LogP contribution in [0.4, 0.5) is 0 Å². The Morgan fingerprint density at radius 2 is 2.22 bits per heavy atom. The Balaban J connectivity index is 1.83. The molecule has 1 saturated carbocycles. The summed E-state index contributed by atoms with van der Waals surface area (Å²) in [5, 5.41) is 16.3. The Morgan fingerprint density at radius 1 is 1.48 bits per heavy atom. The van der Waals surface area contributed by atoms with Gasteiger partial charge in [0.2, 0.25) is 0 Å². The third-order valence-corrected chi connectivity index (χ3v) is 5.88. The Kier molecular flexibility index (Phi) is 4.24. The SMILES string of the molecule is C[Si](C)(C)CCOC(c1cnc2n[nH]c(C(=O)O)c2c1)C1CC1. The first-order valence-electron chi connectivity index (χ1n) is 8.04. The van der Waals surface area contributed by atoms with E-state index in [4.69, 9.17) is 4.74 Å². The number of hydrogen-bond donors (Lipinski definition) is 2. The zero-order chi connectivity index (χ0) is 16.6. The number of aromatic carboxylic acids is 1. The number of ether oxygens (including phenoxy) is 1. The van der Waals surface area contributed by atoms with Gasteiger partial charge in [-0.3, -0.25) is 5.10 Å². The molecule has 2 heterocycles. The molecule has 2 aromatic rings. The number of carboxylic acid groups (broad SMARTS) is 1. The smallest absolute Gasteiger partial charge is 0.354 e. The maximum atomic E-state index is 11.3. The van der Waals surface area contributed by atoms with Gasteiger partial charge in [0, 0.05) is 26.4 Å². The van der Waals surface area contributed by atoms with Crippen LogP contribution < -0.4 is 0 Å². The summed E-state index contributed by atoms with van der Waals surface area (Å²) in [6.07, 6.45) is 4.10. The molecule has 1 unspecified atom stereocenters. The van der Waals surface area contributed by atoms with E-state index in [2.05, 4.69) is 34.8 Å². The molecule has 0 radical (unpaired) electrons. The fourth-order valence-electron chi connectivity index (χ4n) is 2.63. The number of hydrogen-bond acceptors (Lipinski definition) is 4. The van der Waals surface area contributed by atoms with Gasteiger partial charge in [-0.05, 0) is 30.9 Å². The van der Waals surface area contributed by atoms with E-state index in [1.165, 1.54) is 0 Å². The van der Waals surface area contributed by atoms with Crippen molar-refractivity contribution >= 4 is 25.1 Å². The summed E-state index contributed by atoms with van der Waals surface area (Å²) in [4.78, 5) is 15.6. The molecule has 1 aliphatic carbocycles. The summed E-state index contributed by atoms with van der Waals surface area (Å²) in [5.74, 6) is -0.495. The molecular formula is C16H23N3O3Si. The molecule has 1 atom stereocenters. The van der Waals surface area contributed by atoms with Crippen molar-refractivity contribution in [3.8, 4) is 0 Å². The highest BCUT2D eigenvalue weighted by Crippen LogP contribution is 2.43. The Labute approximate surface area is 136 Å². The predicted molar refractivity (Wildman–Crippen MR) is 90.4 cm³/mol. The van der Waals surface area contributed by atoms with Crippen molar-refractivity contribution in [1.82, 2.24) is 15.2 Å². The molecule has 0 amide bonds. The number of aromatic nitrogens is 3. The van der Waals surface area contributed by atoms with Crippen LogP contribution in [-0.2, 0) is 4.74 Å². The number of carboxylic acids is 1. The van der Waals surface area contributed by atoms with E-state index in [0.717, 1.165) is 31.1 Å². The average molecular weight is 333 g/mol. The molecular weight excluding hydrogens is 310 g/mol. The van der Waals surface area contributed by atoms with Gasteiger partial charge >= 0.3 is 5.97 Å². The molecule has 3 rings (SSSR count). The Morgan fingerprint density at radius 3 is 2.83 bits per heavy atom. The second-order valence-electron chi connectivity index (χ2n) is 7.48. The monoisotopic (exact) mass is 333 g/mol. The molecule has 0 bridgehead atoms. The highest BCUT2D eigenvalue weighted by atomic mass is 28.3. The normalized spacial score (nSPS) is 16.7. The molecule has 2 N–H and O–H groups in total. The molecule has 0 aliphatic heterocycles. The van der Waals surface area contributed by atoms with Gasteiger partial charge in [-0.25, -0.2) is 9.78 Å². The van der Waals surface area contributed by atoms with E-state index >= 15 is 0 Å². The Hall–Kier alpha value is -1.73. The Bertz CT molecular complexity index is 719. The molecule has 1 fully saturated rings. The number of carbonyl (C=O) groups is 1. The van der Waals surface area contributed by atoms with Crippen molar-refractivity contribution in [3.63, 3.8) is 0 Å². The lowest BCUT2D eigenvalue weighted by Crippen LogP contribution is -2.22. The number of rotatable bonds is 7. The van der Waals surface area contributed by atoms with Crippen molar-refractivity contribution < 1.29 is 14.6 Å². The minimum Gasteiger partial charge on any atom is -0.477 e. The first-order chi connectivity index (χ1) is 10.8. The van der Waals surface area contributed by atoms with Crippen molar-refractivity contribution in [2.45, 2.75) is 44.6 Å². The number of pyridine rings is 1. The lowest BCUT2D eigenvalue weighted by molar-refractivity contribution is 0.0457. The maximum absolute atomic E-state index is 11.3. The summed E-state index contributed by atoms with van der Waals surface area (Å²) in [5.41, 5.74) is 1.48. The first-order valence-corrected chi connectivity index (χ1v) is 11.7. The summed E-state index contributed by atoms with van der Waals surface area (Å²) < 4.78 is 6.17. The standard InChI is InChI=1S/C16H23N3O3Si/c1-23(2,3)7-6-22-14(10-4-5-10)11-8-12-13(16(20)21)18-19-15(12)17-9-11/h8-10,14H,4-7H2,1-3H3,(H,20,21)(H,17,18,19). The first kappa shape index (κ1) is 16.1. The van der Waals surface area contributed by atoms with Crippen molar-refractivity contribution in [3.05, 3.63) is 23.5 Å². The van der Waals surface area contributed by atoms with Crippen molar-refractivity contribution in [2.24, 2.45) is 5.92 Å². The van der Waals surface area contributed by atoms with Crippen molar-refractivity contribution in [2.75, 3.05) is 6.61 Å². The molecule has 0 spiro atoms. The van der Waals surface area contributed by atoms with Gasteiger partial charge in [0.05, 0.1) is 11.5 Å². The topological polar surface area (TPSA) is 88.1 Å². The van der Waals surface area contributed by atoms with Gasteiger partial charge in [-0.2, -0.15) is 5.10 Å². The zero-order valence-electron chi connectivity index (χ0n) is 13.8. The highest BCUT2D eigenvalue weighted by molar-refractivity contribution is 6.76. The summed E-state index contributed by atoms with van der Waals surface area (Å²) >= 11 is 0. The largest absolute Gasteiger partial charge is 0.477 e. The quantitative estimate of drug-likeness (QED) is 0.758. The molecule has 23 heavy (non-hydrogen) atoms. The van der Waals surface area contributed by atoms with Crippen LogP contribution in [0.3, 0.4) is 0 Å². The van der Waals surface area contributed by atoms with Gasteiger partial charge in [-0.1, -0.05) is 19.6 Å². The maximum Gasteiger partial charge on any atom is 0.354 e. The van der Waals surface area contributed by atoms with Crippen LogP contribution in [0.15, 0.2) is 12.3 Å². The lowest BCUT2D eigenvalue weighted by Gasteiger charge is -2.21. The molecule has 124 valence electrons. The van der Waals surface area contributed by atoms with Gasteiger partial charge in [-0.15, -0.1) is 0 Å². The fourth-order valence-corrected chi connectivity index (χ4v) is 3.36. The summed E-state index contributed by atoms with van der Waals surface area (Å²) in [7, 11) is -1.13. The molecule has 0 saturated heterocycles. The average Bonchev–Trinajstić information content (AvgIpc) is 3.20. The van der Waals surface area contributed by atoms with Crippen LogP contribution in [0.25, 0.3) is 11.0 Å². The molecule has 0 aromatic carbocycles. The van der Waals surface area contributed by atoms with Crippen LogP contribution in [0.2, 0.25) is 25.7 Å². The number of aromatic amines is 1. The third-order valence-electron chi connectivity index (χ3n) is 4.17. The van der Waals surface area contributed by atoms with E-state index in [0.29, 0.717) is 17.0 Å². The predicted octanol–water partition coefficient (Wildman–Crippen LogP) is 3.46. The summed E-state index contributed by atoms with van der Waals surface area (Å²) in [6, 6.07) is 2.99. The van der Waals surface area contributed by atoms with Crippen LogP contribution in [0, 0.1) is 5.92 Å². The second-order valence-corrected chi connectivity index (χ2v) is 13.1. The summed E-state index contributed by atoms with van der Waals surface area (Å²) in [6.45, 7) is 7.76. The lowest BCUT2D eigenvalue weighted by atomic mass is 10.1. The van der Waals surface area contributed by atoms with Crippen LogP contribution in [-0.4, -0.2) is 40.9 Å². The van der Waals surface area contributed by atoms with Crippen LogP contribution in [0.5, 0.6) is 0 Å². The fraction of sp³-hybridized carbons (Fsp3) is 0.562. The molecule has 7 heteroatoms. The van der Waals surface area contributed by atoms with Gasteiger partial charge in [0.25, 0.3) is 0 Å². The van der Waals surface area contributed by atoms with Gasteiger partial charge < -0.3 is 9.84 Å². The van der Waals surface area contributed by atoms with Gasteiger partial charge in [0.1, 0.15) is 0 Å². The number of H-pyrrole nitrogens is 1. The van der Waals surface area contributed by atoms with E-state index in [9.17, 15) is 9.90 Å².